The molecule has 2 aromatic rings. The molecule has 7 heteroatoms. The topological polar surface area (TPSA) is 76.5 Å². The summed E-state index contributed by atoms with van der Waals surface area (Å²) in [6.07, 6.45) is 2.92. The van der Waals surface area contributed by atoms with E-state index in [1.54, 1.807) is 29.8 Å². The highest BCUT2D eigenvalue weighted by atomic mass is 16.5. The molecule has 2 rings (SSSR count). The van der Waals surface area contributed by atoms with Gasteiger partial charge in [0.25, 0.3) is 5.91 Å². The van der Waals surface area contributed by atoms with Crippen LogP contribution in [0.3, 0.4) is 0 Å². The Hall–Kier alpha value is -2.67. The van der Waals surface area contributed by atoms with E-state index in [1.807, 2.05) is 19.1 Å². The van der Waals surface area contributed by atoms with E-state index in [0.717, 1.165) is 50.3 Å². The molecule has 0 fully saturated rings. The van der Waals surface area contributed by atoms with E-state index in [-0.39, 0.29) is 17.9 Å². The van der Waals surface area contributed by atoms with Crippen LogP contribution in [0.4, 0.5) is 0 Å². The largest absolute Gasteiger partial charge is 0.461 e. The maximum absolute atomic E-state index is 12.7. The molecule has 1 aromatic carbocycles. The molecule has 182 valence electrons. The highest BCUT2D eigenvalue weighted by molar-refractivity contribution is 5.94. The third kappa shape index (κ3) is 7.42. The summed E-state index contributed by atoms with van der Waals surface area (Å²) in [5.74, 6) is -0.278. The average molecular weight is 457 g/mol. The van der Waals surface area contributed by atoms with E-state index in [1.165, 1.54) is 0 Å². The quantitative estimate of drug-likeness (QED) is 0.438. The first-order valence-corrected chi connectivity index (χ1v) is 12.2. The number of esters is 1. The first-order valence-electron chi connectivity index (χ1n) is 12.2. The van der Waals surface area contributed by atoms with Gasteiger partial charge in [-0.15, -0.1) is 0 Å². The highest BCUT2D eigenvalue weighted by Crippen LogP contribution is 2.24. The first-order chi connectivity index (χ1) is 15.8. The number of carbonyl (C=O) groups excluding carboxylic acids is 2. The predicted octanol–water partition coefficient (Wildman–Crippen LogP) is 4.80. The van der Waals surface area contributed by atoms with E-state index >= 15 is 0 Å². The molecule has 1 aromatic heterocycles. The number of rotatable bonds is 13. The summed E-state index contributed by atoms with van der Waals surface area (Å²) in [7, 11) is 0. The van der Waals surface area contributed by atoms with Crippen LogP contribution in [0.15, 0.2) is 30.3 Å². The van der Waals surface area contributed by atoms with Crippen LogP contribution in [0.25, 0.3) is 5.69 Å². The molecule has 0 saturated carbocycles. The molecule has 0 unspecified atom stereocenters. The smallest absolute Gasteiger partial charge is 0.358 e. The fourth-order valence-electron chi connectivity index (χ4n) is 3.76. The highest BCUT2D eigenvalue weighted by Gasteiger charge is 2.20. The lowest BCUT2D eigenvalue weighted by Crippen LogP contribution is -2.33. The molecule has 1 N–H and O–H groups in total. The van der Waals surface area contributed by atoms with Crippen molar-refractivity contribution in [3.63, 3.8) is 0 Å². The molecule has 0 bridgehead atoms. The third-order valence-electron chi connectivity index (χ3n) is 6.10. The van der Waals surface area contributed by atoms with E-state index in [2.05, 4.69) is 43.0 Å². The lowest BCUT2D eigenvalue weighted by Gasteiger charge is -2.20. The van der Waals surface area contributed by atoms with Gasteiger partial charge in [0.2, 0.25) is 0 Å². The fourth-order valence-corrected chi connectivity index (χ4v) is 3.76. The van der Waals surface area contributed by atoms with Crippen molar-refractivity contribution in [2.75, 3.05) is 26.2 Å². The van der Waals surface area contributed by atoms with Crippen molar-refractivity contribution in [2.24, 2.45) is 0 Å². The summed E-state index contributed by atoms with van der Waals surface area (Å²) in [6.45, 7) is 15.8. The minimum Gasteiger partial charge on any atom is -0.461 e. The van der Waals surface area contributed by atoms with E-state index in [4.69, 9.17) is 4.74 Å². The number of nitrogens with zero attached hydrogens (tertiary/aromatic N) is 3. The molecule has 0 aliphatic rings. The van der Waals surface area contributed by atoms with Gasteiger partial charge in [0.15, 0.2) is 5.69 Å². The van der Waals surface area contributed by atoms with Crippen molar-refractivity contribution in [1.82, 2.24) is 20.0 Å². The number of hydrogen-bond acceptors (Lipinski definition) is 5. The minimum absolute atomic E-state index is 0.0771. The van der Waals surface area contributed by atoms with Gasteiger partial charge in [-0.25, -0.2) is 9.48 Å². The molecule has 2 atom stereocenters. The second kappa shape index (κ2) is 13.1. The van der Waals surface area contributed by atoms with Crippen LogP contribution in [-0.2, 0) is 4.74 Å². The maximum atomic E-state index is 12.7. The monoisotopic (exact) mass is 456 g/mol. The van der Waals surface area contributed by atoms with Gasteiger partial charge in [-0.2, -0.15) is 5.10 Å². The van der Waals surface area contributed by atoms with E-state index in [9.17, 15) is 9.59 Å². The van der Waals surface area contributed by atoms with Crippen molar-refractivity contribution in [3.8, 4) is 5.69 Å². The third-order valence-corrected chi connectivity index (χ3v) is 6.10. The van der Waals surface area contributed by atoms with Crippen molar-refractivity contribution in [3.05, 3.63) is 47.3 Å². The number of benzene rings is 1. The number of carbonyl (C=O) groups is 2. The Morgan fingerprint density at radius 2 is 1.76 bits per heavy atom. The summed E-state index contributed by atoms with van der Waals surface area (Å²) >= 11 is 0. The Kier molecular flexibility index (Phi) is 10.6. The van der Waals surface area contributed by atoms with Gasteiger partial charge in [0, 0.05) is 17.3 Å². The maximum Gasteiger partial charge on any atom is 0.358 e. The SMILES string of the molecule is CCOC(=O)c1cc([C@@H](C)CC)n(-c2ccc(C(=O)N[C@@H](C)CCCN(CC)CC)cc2)n1. The normalized spacial score (nSPS) is 13.1. The van der Waals surface area contributed by atoms with Crippen LogP contribution in [-0.4, -0.2) is 58.8 Å². The van der Waals surface area contributed by atoms with Gasteiger partial charge >= 0.3 is 5.97 Å². The Morgan fingerprint density at radius 1 is 1.09 bits per heavy atom. The summed E-state index contributed by atoms with van der Waals surface area (Å²) in [5.41, 5.74) is 2.66. The molecule has 0 radical (unpaired) electrons. The molecular formula is C26H40N4O3. The van der Waals surface area contributed by atoms with Crippen LogP contribution in [0, 0.1) is 0 Å². The number of hydrogen-bond donors (Lipinski definition) is 1. The lowest BCUT2D eigenvalue weighted by molar-refractivity contribution is 0.0518. The van der Waals surface area contributed by atoms with Gasteiger partial charge in [0.05, 0.1) is 12.3 Å². The molecule has 0 spiro atoms. The van der Waals surface area contributed by atoms with Gasteiger partial charge in [-0.3, -0.25) is 4.79 Å². The molecular weight excluding hydrogens is 416 g/mol. The van der Waals surface area contributed by atoms with E-state index in [0.29, 0.717) is 17.9 Å². The zero-order valence-electron chi connectivity index (χ0n) is 21.1. The Bertz CT molecular complexity index is 887. The number of amides is 1. The fraction of sp³-hybridized carbons (Fsp3) is 0.577. The number of nitrogens with one attached hydrogen (secondary N) is 1. The summed E-state index contributed by atoms with van der Waals surface area (Å²) < 4.78 is 6.89. The second-order valence-corrected chi connectivity index (χ2v) is 8.49. The summed E-state index contributed by atoms with van der Waals surface area (Å²) in [5, 5.41) is 7.59. The molecule has 33 heavy (non-hydrogen) atoms. The van der Waals surface area contributed by atoms with Crippen LogP contribution in [0.2, 0.25) is 0 Å². The van der Waals surface area contributed by atoms with Crippen molar-refractivity contribution in [2.45, 2.75) is 72.8 Å². The van der Waals surface area contributed by atoms with Gasteiger partial charge in [0.1, 0.15) is 0 Å². The van der Waals surface area contributed by atoms with Gasteiger partial charge in [-0.1, -0.05) is 27.7 Å². The summed E-state index contributed by atoms with van der Waals surface area (Å²) in [4.78, 5) is 27.3. The van der Waals surface area contributed by atoms with Crippen molar-refractivity contribution in [1.29, 1.82) is 0 Å². The standard InChI is InChI=1S/C26H40N4O3/c1-7-19(5)24-18-23(26(32)33-10-4)28-30(24)22-15-13-21(14-16-22)25(31)27-20(6)12-11-17-29(8-2)9-3/h13-16,18-20H,7-12,17H2,1-6H3,(H,27,31)/t19-,20-/m0/s1. The molecule has 0 saturated heterocycles. The average Bonchev–Trinajstić information content (AvgIpc) is 3.27. The van der Waals surface area contributed by atoms with Crippen LogP contribution < -0.4 is 5.32 Å². The van der Waals surface area contributed by atoms with Crippen LogP contribution in [0.5, 0.6) is 0 Å². The van der Waals surface area contributed by atoms with E-state index < -0.39 is 5.97 Å². The second-order valence-electron chi connectivity index (χ2n) is 8.49. The number of ether oxygens (including phenoxy) is 1. The molecule has 7 nitrogen and oxygen atoms in total. The van der Waals surface area contributed by atoms with Crippen molar-refractivity contribution >= 4 is 11.9 Å². The summed E-state index contributed by atoms with van der Waals surface area (Å²) in [6, 6.07) is 9.26. The molecule has 0 aliphatic heterocycles. The van der Waals surface area contributed by atoms with Gasteiger partial charge in [-0.05, 0) is 89.0 Å². The first kappa shape index (κ1) is 26.6. The Morgan fingerprint density at radius 3 is 2.33 bits per heavy atom. The molecule has 1 amide bonds. The minimum atomic E-state index is -0.424. The van der Waals surface area contributed by atoms with Crippen LogP contribution in [0.1, 0.15) is 93.3 Å². The Labute approximate surface area is 198 Å². The van der Waals surface area contributed by atoms with Crippen molar-refractivity contribution < 1.29 is 14.3 Å². The lowest BCUT2D eigenvalue weighted by atomic mass is 10.0. The van der Waals surface area contributed by atoms with Crippen LogP contribution >= 0.6 is 0 Å². The van der Waals surface area contributed by atoms with Gasteiger partial charge < -0.3 is 15.0 Å². The molecule has 0 aliphatic carbocycles. The Balaban J connectivity index is 2.08. The number of aromatic nitrogens is 2. The zero-order valence-corrected chi connectivity index (χ0v) is 21.1. The zero-order chi connectivity index (χ0) is 24.4. The predicted molar refractivity (Wildman–Crippen MR) is 132 cm³/mol. The molecule has 1 heterocycles.